The third-order valence-corrected chi connectivity index (χ3v) is 4.53. The number of hydrogen-bond acceptors (Lipinski definition) is 4. The van der Waals surface area contributed by atoms with Gasteiger partial charge >= 0.3 is 5.97 Å². The SMILES string of the molecule is C[C@H](C(=O)O)N(C)C(=O)[C@H]1CCC(=O)N(C)[C@H]1c1cnn(C)c1. The lowest BCUT2D eigenvalue weighted by Gasteiger charge is -2.39. The Morgan fingerprint density at radius 1 is 1.43 bits per heavy atom. The van der Waals surface area contributed by atoms with Crippen LogP contribution in [0.3, 0.4) is 0 Å². The van der Waals surface area contributed by atoms with Crippen molar-refractivity contribution in [3.05, 3.63) is 18.0 Å². The quantitative estimate of drug-likeness (QED) is 0.858. The smallest absolute Gasteiger partial charge is 0.326 e. The number of amides is 2. The molecule has 2 rings (SSSR count). The maximum atomic E-state index is 12.8. The van der Waals surface area contributed by atoms with E-state index in [1.807, 2.05) is 0 Å². The lowest BCUT2D eigenvalue weighted by molar-refractivity contribution is -0.154. The maximum Gasteiger partial charge on any atom is 0.326 e. The minimum Gasteiger partial charge on any atom is -0.480 e. The van der Waals surface area contributed by atoms with Gasteiger partial charge in [-0.3, -0.25) is 14.3 Å². The first-order valence-electron chi connectivity index (χ1n) is 7.47. The van der Waals surface area contributed by atoms with E-state index >= 15 is 0 Å². The van der Waals surface area contributed by atoms with Crippen LogP contribution in [0, 0.1) is 5.92 Å². The van der Waals surface area contributed by atoms with Crippen LogP contribution >= 0.6 is 0 Å². The molecule has 0 saturated carbocycles. The van der Waals surface area contributed by atoms with Crippen LogP contribution in [0.15, 0.2) is 12.4 Å². The van der Waals surface area contributed by atoms with Crippen LogP contribution in [0.4, 0.5) is 0 Å². The number of likely N-dealkylation sites (tertiary alicyclic amines) is 1. The van der Waals surface area contributed by atoms with E-state index in [-0.39, 0.29) is 18.2 Å². The van der Waals surface area contributed by atoms with E-state index in [1.54, 1.807) is 36.1 Å². The van der Waals surface area contributed by atoms with Gasteiger partial charge in [-0.2, -0.15) is 5.10 Å². The first-order chi connectivity index (χ1) is 10.7. The van der Waals surface area contributed by atoms with Crippen molar-refractivity contribution in [2.75, 3.05) is 14.1 Å². The molecule has 2 heterocycles. The third-order valence-electron chi connectivity index (χ3n) is 4.53. The van der Waals surface area contributed by atoms with Crippen LogP contribution < -0.4 is 0 Å². The largest absolute Gasteiger partial charge is 0.480 e. The van der Waals surface area contributed by atoms with Gasteiger partial charge < -0.3 is 14.9 Å². The number of carbonyl (C=O) groups excluding carboxylic acids is 2. The Labute approximate surface area is 134 Å². The van der Waals surface area contributed by atoms with Crippen molar-refractivity contribution in [2.45, 2.75) is 31.8 Å². The highest BCUT2D eigenvalue weighted by molar-refractivity contribution is 5.87. The number of carboxylic acid groups (broad SMARTS) is 1. The maximum absolute atomic E-state index is 12.8. The standard InChI is InChI=1S/C15H22N4O4/c1-9(15(22)23)18(3)14(21)11-5-6-12(20)19(4)13(11)10-7-16-17(2)8-10/h7-9,11,13H,5-6H2,1-4H3,(H,22,23)/t9-,11+,13+/m1/s1. The number of aliphatic carboxylic acids is 1. The molecule has 1 aromatic heterocycles. The van der Waals surface area contributed by atoms with Gasteiger partial charge in [0, 0.05) is 39.3 Å². The first-order valence-corrected chi connectivity index (χ1v) is 7.47. The molecule has 1 N–H and O–H groups in total. The third kappa shape index (κ3) is 3.20. The predicted molar refractivity (Wildman–Crippen MR) is 81.3 cm³/mol. The summed E-state index contributed by atoms with van der Waals surface area (Å²) >= 11 is 0. The molecule has 0 radical (unpaired) electrons. The molecule has 1 aliphatic rings. The summed E-state index contributed by atoms with van der Waals surface area (Å²) in [7, 11) is 4.92. The van der Waals surface area contributed by atoms with Crippen molar-refractivity contribution in [3.8, 4) is 0 Å². The highest BCUT2D eigenvalue weighted by Gasteiger charge is 2.41. The molecule has 1 fully saturated rings. The zero-order valence-electron chi connectivity index (χ0n) is 13.8. The molecule has 2 amide bonds. The highest BCUT2D eigenvalue weighted by Crippen LogP contribution is 2.36. The second-order valence-corrected chi connectivity index (χ2v) is 6.01. The highest BCUT2D eigenvalue weighted by atomic mass is 16.4. The van der Waals surface area contributed by atoms with E-state index < -0.39 is 24.0 Å². The van der Waals surface area contributed by atoms with E-state index in [1.165, 1.54) is 18.9 Å². The van der Waals surface area contributed by atoms with Gasteiger partial charge in [0.15, 0.2) is 0 Å². The molecule has 8 nitrogen and oxygen atoms in total. The Morgan fingerprint density at radius 2 is 2.09 bits per heavy atom. The lowest BCUT2D eigenvalue weighted by Crippen LogP contribution is -2.50. The summed E-state index contributed by atoms with van der Waals surface area (Å²) in [6.07, 6.45) is 4.10. The zero-order valence-corrected chi connectivity index (χ0v) is 13.8. The van der Waals surface area contributed by atoms with Crippen LogP contribution in [0.25, 0.3) is 0 Å². The fourth-order valence-electron chi connectivity index (χ4n) is 2.96. The summed E-state index contributed by atoms with van der Waals surface area (Å²) in [5.74, 6) is -1.84. The summed E-state index contributed by atoms with van der Waals surface area (Å²) in [5, 5.41) is 13.2. The first kappa shape index (κ1) is 17.0. The Hall–Kier alpha value is -2.38. The minimum absolute atomic E-state index is 0.0307. The molecule has 0 bridgehead atoms. The summed E-state index contributed by atoms with van der Waals surface area (Å²) in [6.45, 7) is 1.47. The van der Waals surface area contributed by atoms with Gasteiger partial charge in [0.25, 0.3) is 0 Å². The van der Waals surface area contributed by atoms with Crippen molar-refractivity contribution in [2.24, 2.45) is 13.0 Å². The molecule has 0 unspecified atom stereocenters. The summed E-state index contributed by atoms with van der Waals surface area (Å²) in [6, 6.07) is -1.35. The van der Waals surface area contributed by atoms with Gasteiger partial charge in [-0.05, 0) is 13.3 Å². The molecule has 1 aromatic rings. The number of rotatable bonds is 4. The monoisotopic (exact) mass is 322 g/mol. The van der Waals surface area contributed by atoms with E-state index in [2.05, 4.69) is 5.10 Å². The molecule has 8 heteroatoms. The zero-order chi connectivity index (χ0) is 17.3. The average molecular weight is 322 g/mol. The summed E-state index contributed by atoms with van der Waals surface area (Å²) < 4.78 is 1.62. The van der Waals surface area contributed by atoms with Gasteiger partial charge in [-0.25, -0.2) is 4.79 Å². The van der Waals surface area contributed by atoms with Gasteiger partial charge in [0.05, 0.1) is 18.2 Å². The fourth-order valence-corrected chi connectivity index (χ4v) is 2.96. The molecule has 1 aliphatic heterocycles. The van der Waals surface area contributed by atoms with Crippen LogP contribution in [0.5, 0.6) is 0 Å². The van der Waals surface area contributed by atoms with Crippen molar-refractivity contribution < 1.29 is 19.5 Å². The summed E-state index contributed by atoms with van der Waals surface area (Å²) in [5.41, 5.74) is 0.776. The number of nitrogens with zero attached hydrogens (tertiary/aromatic N) is 4. The average Bonchev–Trinajstić information content (AvgIpc) is 2.93. The molecule has 23 heavy (non-hydrogen) atoms. The number of aromatic nitrogens is 2. The van der Waals surface area contributed by atoms with Crippen LogP contribution in [0.1, 0.15) is 31.4 Å². The molecule has 0 aromatic carbocycles. The molecular formula is C15H22N4O4. The van der Waals surface area contributed by atoms with Gasteiger partial charge in [0.2, 0.25) is 11.8 Å². The van der Waals surface area contributed by atoms with Crippen molar-refractivity contribution >= 4 is 17.8 Å². The normalized spacial score (nSPS) is 22.8. The Balaban J connectivity index is 2.32. The molecular weight excluding hydrogens is 300 g/mol. The Bertz CT molecular complexity index is 627. The molecule has 1 saturated heterocycles. The number of carboxylic acids is 1. The second-order valence-electron chi connectivity index (χ2n) is 6.01. The molecule has 0 aliphatic carbocycles. The van der Waals surface area contributed by atoms with Crippen LogP contribution in [0.2, 0.25) is 0 Å². The second kappa shape index (κ2) is 6.39. The number of carbonyl (C=O) groups is 3. The summed E-state index contributed by atoms with van der Waals surface area (Å²) in [4.78, 5) is 38.8. The van der Waals surface area contributed by atoms with E-state index in [0.717, 1.165) is 5.56 Å². The van der Waals surface area contributed by atoms with Crippen molar-refractivity contribution in [1.82, 2.24) is 19.6 Å². The predicted octanol–water partition coefficient (Wildman–Crippen LogP) is 0.261. The molecule has 0 spiro atoms. The van der Waals surface area contributed by atoms with E-state index in [9.17, 15) is 14.4 Å². The van der Waals surface area contributed by atoms with Crippen molar-refractivity contribution in [1.29, 1.82) is 0 Å². The lowest BCUT2D eigenvalue weighted by atomic mass is 9.84. The Kier molecular flexibility index (Phi) is 4.72. The number of aryl methyl sites for hydroxylation is 1. The van der Waals surface area contributed by atoms with Gasteiger partial charge in [-0.15, -0.1) is 0 Å². The Morgan fingerprint density at radius 3 is 2.61 bits per heavy atom. The van der Waals surface area contributed by atoms with E-state index in [0.29, 0.717) is 6.42 Å². The van der Waals surface area contributed by atoms with Gasteiger partial charge in [0.1, 0.15) is 6.04 Å². The van der Waals surface area contributed by atoms with Crippen LogP contribution in [-0.4, -0.2) is 62.6 Å². The molecule has 3 atom stereocenters. The number of hydrogen-bond donors (Lipinski definition) is 1. The van der Waals surface area contributed by atoms with E-state index in [4.69, 9.17) is 5.11 Å². The van der Waals surface area contributed by atoms with Crippen LogP contribution in [-0.2, 0) is 21.4 Å². The van der Waals surface area contributed by atoms with Crippen molar-refractivity contribution in [3.63, 3.8) is 0 Å². The number of piperidine rings is 1. The minimum atomic E-state index is -1.06. The topological polar surface area (TPSA) is 95.7 Å². The molecule has 126 valence electrons. The van der Waals surface area contributed by atoms with Gasteiger partial charge in [-0.1, -0.05) is 0 Å². The fraction of sp³-hybridized carbons (Fsp3) is 0.600. The number of likely N-dealkylation sites (N-methyl/N-ethyl adjacent to an activating group) is 1.